The van der Waals surface area contributed by atoms with E-state index in [1.165, 1.54) is 0 Å². The van der Waals surface area contributed by atoms with Crippen molar-refractivity contribution in [3.05, 3.63) is 35.2 Å². The number of thiophene rings is 1. The van der Waals surface area contributed by atoms with E-state index in [9.17, 15) is 4.79 Å². The highest BCUT2D eigenvalue weighted by atomic mass is 32.1. The smallest absolute Gasteiger partial charge is 0.338 e. The highest BCUT2D eigenvalue weighted by Gasteiger charge is 2.10. The van der Waals surface area contributed by atoms with E-state index in [0.29, 0.717) is 12.2 Å². The fraction of sp³-hybridized carbons (Fsp3) is 0.182. The summed E-state index contributed by atoms with van der Waals surface area (Å²) >= 11 is 1.63. The zero-order valence-electron chi connectivity index (χ0n) is 7.82. The van der Waals surface area contributed by atoms with E-state index in [2.05, 4.69) is 0 Å². The van der Waals surface area contributed by atoms with Crippen molar-refractivity contribution < 1.29 is 9.53 Å². The van der Waals surface area contributed by atoms with Crippen LogP contribution >= 0.6 is 11.3 Å². The summed E-state index contributed by atoms with van der Waals surface area (Å²) in [5.74, 6) is -0.239. The standard InChI is InChI=1S/C11H10O2S/c1-2-13-11(12)9-4-3-5-10-8(9)6-7-14-10/h3-7H,2H2,1H3. The quantitative estimate of drug-likeness (QED) is 0.706. The van der Waals surface area contributed by atoms with Crippen LogP contribution in [0.4, 0.5) is 0 Å². The zero-order chi connectivity index (χ0) is 9.97. The molecule has 1 aromatic carbocycles. The molecule has 0 bridgehead atoms. The normalized spacial score (nSPS) is 10.4. The van der Waals surface area contributed by atoms with Crippen LogP contribution in [0.2, 0.25) is 0 Å². The van der Waals surface area contributed by atoms with Gasteiger partial charge in [-0.3, -0.25) is 0 Å². The van der Waals surface area contributed by atoms with Gasteiger partial charge >= 0.3 is 5.97 Å². The van der Waals surface area contributed by atoms with E-state index in [1.54, 1.807) is 17.4 Å². The Morgan fingerprint density at radius 3 is 3.07 bits per heavy atom. The van der Waals surface area contributed by atoms with E-state index in [-0.39, 0.29) is 5.97 Å². The molecule has 0 atom stereocenters. The average Bonchev–Trinajstić information content (AvgIpc) is 2.65. The number of carbonyl (C=O) groups excluding carboxylic acids is 1. The third-order valence-corrected chi connectivity index (χ3v) is 2.87. The molecule has 0 saturated heterocycles. The van der Waals surface area contributed by atoms with Gasteiger partial charge in [0.2, 0.25) is 0 Å². The second kappa shape index (κ2) is 3.80. The lowest BCUT2D eigenvalue weighted by atomic mass is 10.1. The first-order valence-electron chi connectivity index (χ1n) is 4.46. The molecule has 0 amide bonds. The Morgan fingerprint density at radius 2 is 2.29 bits per heavy atom. The summed E-state index contributed by atoms with van der Waals surface area (Å²) in [7, 11) is 0. The molecule has 1 heterocycles. The summed E-state index contributed by atoms with van der Waals surface area (Å²) in [5, 5.41) is 2.96. The number of fused-ring (bicyclic) bond motifs is 1. The fourth-order valence-electron chi connectivity index (χ4n) is 1.38. The van der Waals surface area contributed by atoms with Gasteiger partial charge < -0.3 is 4.74 Å². The van der Waals surface area contributed by atoms with Crippen LogP contribution in [0.5, 0.6) is 0 Å². The molecular weight excluding hydrogens is 196 g/mol. The maximum Gasteiger partial charge on any atom is 0.338 e. The topological polar surface area (TPSA) is 26.3 Å². The van der Waals surface area contributed by atoms with Gasteiger partial charge in [-0.05, 0) is 30.5 Å². The van der Waals surface area contributed by atoms with Gasteiger partial charge in [0.1, 0.15) is 0 Å². The van der Waals surface area contributed by atoms with Gasteiger partial charge in [0.25, 0.3) is 0 Å². The number of carbonyl (C=O) groups is 1. The molecule has 0 spiro atoms. The lowest BCUT2D eigenvalue weighted by Crippen LogP contribution is -2.04. The Bertz CT molecular complexity index is 459. The molecule has 2 nitrogen and oxygen atoms in total. The highest BCUT2D eigenvalue weighted by Crippen LogP contribution is 2.24. The van der Waals surface area contributed by atoms with Crippen LogP contribution < -0.4 is 0 Å². The monoisotopic (exact) mass is 206 g/mol. The van der Waals surface area contributed by atoms with E-state index >= 15 is 0 Å². The molecule has 0 aliphatic heterocycles. The molecule has 2 aromatic rings. The van der Waals surface area contributed by atoms with Crippen molar-refractivity contribution in [2.75, 3.05) is 6.61 Å². The first kappa shape index (κ1) is 9.21. The summed E-state index contributed by atoms with van der Waals surface area (Å²) in [6.45, 7) is 2.23. The molecule has 0 radical (unpaired) electrons. The van der Waals surface area contributed by atoms with Crippen molar-refractivity contribution in [2.45, 2.75) is 6.92 Å². The first-order valence-corrected chi connectivity index (χ1v) is 5.34. The van der Waals surface area contributed by atoms with Gasteiger partial charge in [-0.15, -0.1) is 11.3 Å². The minimum Gasteiger partial charge on any atom is -0.462 e. The fourth-order valence-corrected chi connectivity index (χ4v) is 2.19. The maximum absolute atomic E-state index is 11.5. The summed E-state index contributed by atoms with van der Waals surface area (Å²) in [5.41, 5.74) is 0.658. The van der Waals surface area contributed by atoms with Crippen LogP contribution in [0.25, 0.3) is 10.1 Å². The Morgan fingerprint density at radius 1 is 1.43 bits per heavy atom. The summed E-state index contributed by atoms with van der Waals surface area (Å²) in [6, 6.07) is 7.63. The van der Waals surface area contributed by atoms with Gasteiger partial charge in [-0.1, -0.05) is 6.07 Å². The van der Waals surface area contributed by atoms with Gasteiger partial charge in [-0.25, -0.2) is 4.79 Å². The van der Waals surface area contributed by atoms with Crippen molar-refractivity contribution in [2.24, 2.45) is 0 Å². The number of rotatable bonds is 2. The third kappa shape index (κ3) is 1.51. The number of hydrogen-bond donors (Lipinski definition) is 0. The lowest BCUT2D eigenvalue weighted by Gasteiger charge is -2.02. The molecule has 0 fully saturated rings. The Kier molecular flexibility index (Phi) is 2.50. The van der Waals surface area contributed by atoms with Gasteiger partial charge in [0, 0.05) is 10.1 Å². The summed E-state index contributed by atoms with van der Waals surface area (Å²) in [6.07, 6.45) is 0. The van der Waals surface area contributed by atoms with Crippen molar-refractivity contribution in [3.63, 3.8) is 0 Å². The Hall–Kier alpha value is -1.35. The van der Waals surface area contributed by atoms with Gasteiger partial charge in [-0.2, -0.15) is 0 Å². The van der Waals surface area contributed by atoms with Gasteiger partial charge in [0.15, 0.2) is 0 Å². The maximum atomic E-state index is 11.5. The largest absolute Gasteiger partial charge is 0.462 e. The molecule has 0 aliphatic rings. The molecule has 0 aliphatic carbocycles. The average molecular weight is 206 g/mol. The number of benzene rings is 1. The van der Waals surface area contributed by atoms with Crippen LogP contribution in [0.3, 0.4) is 0 Å². The minimum absolute atomic E-state index is 0.239. The number of esters is 1. The molecule has 0 saturated carbocycles. The second-order valence-electron chi connectivity index (χ2n) is 2.86. The number of ether oxygens (including phenoxy) is 1. The molecule has 0 N–H and O–H groups in total. The van der Waals surface area contributed by atoms with Crippen molar-refractivity contribution >= 4 is 27.4 Å². The Labute approximate surface area is 86.1 Å². The molecule has 1 aromatic heterocycles. The second-order valence-corrected chi connectivity index (χ2v) is 3.81. The highest BCUT2D eigenvalue weighted by molar-refractivity contribution is 7.17. The summed E-state index contributed by atoms with van der Waals surface area (Å²) in [4.78, 5) is 11.5. The van der Waals surface area contributed by atoms with Crippen LogP contribution in [-0.4, -0.2) is 12.6 Å². The van der Waals surface area contributed by atoms with E-state index < -0.39 is 0 Å². The van der Waals surface area contributed by atoms with Gasteiger partial charge in [0.05, 0.1) is 12.2 Å². The molecule has 14 heavy (non-hydrogen) atoms. The molecule has 72 valence electrons. The Balaban J connectivity index is 2.50. The third-order valence-electron chi connectivity index (χ3n) is 1.99. The molecule has 0 unspecified atom stereocenters. The minimum atomic E-state index is -0.239. The number of hydrogen-bond acceptors (Lipinski definition) is 3. The van der Waals surface area contributed by atoms with E-state index in [4.69, 9.17) is 4.74 Å². The van der Waals surface area contributed by atoms with Crippen molar-refractivity contribution in [3.8, 4) is 0 Å². The van der Waals surface area contributed by atoms with Crippen LogP contribution in [0.15, 0.2) is 29.6 Å². The molecule has 2 rings (SSSR count). The van der Waals surface area contributed by atoms with Crippen molar-refractivity contribution in [1.82, 2.24) is 0 Å². The zero-order valence-corrected chi connectivity index (χ0v) is 8.64. The predicted molar refractivity (Wildman–Crippen MR) is 57.8 cm³/mol. The molecule has 3 heteroatoms. The van der Waals surface area contributed by atoms with Crippen molar-refractivity contribution in [1.29, 1.82) is 0 Å². The van der Waals surface area contributed by atoms with E-state index in [1.807, 2.05) is 30.5 Å². The lowest BCUT2D eigenvalue weighted by molar-refractivity contribution is 0.0529. The van der Waals surface area contributed by atoms with Crippen LogP contribution in [0.1, 0.15) is 17.3 Å². The van der Waals surface area contributed by atoms with E-state index in [0.717, 1.165) is 10.1 Å². The van der Waals surface area contributed by atoms with Crippen LogP contribution in [-0.2, 0) is 4.74 Å². The SMILES string of the molecule is CCOC(=O)c1cccc2sccc12. The predicted octanol–water partition coefficient (Wildman–Crippen LogP) is 3.08. The first-order chi connectivity index (χ1) is 6.83. The van der Waals surface area contributed by atoms with Crippen LogP contribution in [0, 0.1) is 0 Å². The molecular formula is C11H10O2S. The summed E-state index contributed by atoms with van der Waals surface area (Å²) < 4.78 is 6.09.